The Labute approximate surface area is 108 Å². The third-order valence-corrected chi connectivity index (χ3v) is 4.91. The Morgan fingerprint density at radius 1 is 1.24 bits per heavy atom. The van der Waals surface area contributed by atoms with Crippen molar-refractivity contribution in [1.29, 1.82) is 0 Å². The summed E-state index contributed by atoms with van der Waals surface area (Å²) in [5, 5.41) is 3.75. The molecule has 1 aromatic rings. The normalized spacial score (nSPS) is 27.1. The van der Waals surface area contributed by atoms with Gasteiger partial charge in [-0.25, -0.2) is 0 Å². The molecule has 1 aromatic carbocycles. The fourth-order valence-electron chi connectivity index (χ4n) is 2.68. The molecule has 0 bridgehead atoms. The Kier molecular flexibility index (Phi) is 3.53. The van der Waals surface area contributed by atoms with Crippen LogP contribution < -0.4 is 5.32 Å². The van der Waals surface area contributed by atoms with Crippen molar-refractivity contribution in [1.82, 2.24) is 5.32 Å². The molecule has 0 amide bonds. The van der Waals surface area contributed by atoms with Crippen LogP contribution in [0.4, 0.5) is 0 Å². The third-order valence-electron chi connectivity index (χ3n) is 3.73. The van der Waals surface area contributed by atoms with Gasteiger partial charge in [-0.2, -0.15) is 0 Å². The van der Waals surface area contributed by atoms with Crippen molar-refractivity contribution in [3.63, 3.8) is 0 Å². The molecule has 1 aliphatic carbocycles. The Balaban J connectivity index is 1.58. The average molecular weight is 245 g/mol. The van der Waals surface area contributed by atoms with Gasteiger partial charge < -0.3 is 5.32 Å². The molecule has 0 spiro atoms. The summed E-state index contributed by atoms with van der Waals surface area (Å²) >= 11 is 1.99. The van der Waals surface area contributed by atoms with Gasteiger partial charge in [-0.3, -0.25) is 0 Å². The molecule has 1 N–H and O–H groups in total. The van der Waals surface area contributed by atoms with E-state index >= 15 is 0 Å². The molecule has 17 heavy (non-hydrogen) atoms. The van der Waals surface area contributed by atoms with Crippen LogP contribution >= 0.6 is 11.8 Å². The van der Waals surface area contributed by atoms with Crippen LogP contribution in [0.1, 0.15) is 30.9 Å². The van der Waals surface area contributed by atoms with E-state index in [1.807, 2.05) is 11.8 Å². The standard InChI is InChI=1S/C15H19NS/c1-2-6-12(7-3-1)10-16-14-11-17-15-9-5-4-8-13(14)15/h1-2,4-5,8-9,12,14,16H,3,6-7,10-11H2. The lowest BCUT2D eigenvalue weighted by atomic mass is 9.94. The predicted octanol–water partition coefficient (Wildman–Crippen LogP) is 3.78. The number of hydrogen-bond donors (Lipinski definition) is 1. The van der Waals surface area contributed by atoms with E-state index in [2.05, 4.69) is 41.7 Å². The highest BCUT2D eigenvalue weighted by Gasteiger charge is 2.22. The predicted molar refractivity (Wildman–Crippen MR) is 74.4 cm³/mol. The fourth-order valence-corrected chi connectivity index (χ4v) is 3.88. The lowest BCUT2D eigenvalue weighted by molar-refractivity contribution is 0.418. The van der Waals surface area contributed by atoms with Crippen LogP contribution in [0.2, 0.25) is 0 Å². The summed E-state index contributed by atoms with van der Waals surface area (Å²) in [5.74, 6) is 2.04. The molecule has 1 heterocycles. The molecule has 0 saturated carbocycles. The summed E-state index contributed by atoms with van der Waals surface area (Å²) in [6.07, 6.45) is 8.53. The van der Waals surface area contributed by atoms with Gasteiger partial charge in [0.05, 0.1) is 0 Å². The highest BCUT2D eigenvalue weighted by molar-refractivity contribution is 7.99. The SMILES string of the molecule is C1=CCC(CNC2CSc3ccccc32)CC1. The van der Waals surface area contributed by atoms with Crippen molar-refractivity contribution in [2.75, 3.05) is 12.3 Å². The van der Waals surface area contributed by atoms with E-state index in [1.54, 1.807) is 0 Å². The second-order valence-electron chi connectivity index (χ2n) is 4.96. The van der Waals surface area contributed by atoms with E-state index in [0.29, 0.717) is 6.04 Å². The first kappa shape index (κ1) is 11.4. The maximum absolute atomic E-state index is 3.75. The maximum Gasteiger partial charge on any atom is 0.0426 e. The molecule has 0 fully saturated rings. The van der Waals surface area contributed by atoms with Crippen LogP contribution in [0.5, 0.6) is 0 Å². The molecule has 90 valence electrons. The highest BCUT2D eigenvalue weighted by atomic mass is 32.2. The first-order valence-corrected chi connectivity index (χ1v) is 7.52. The van der Waals surface area contributed by atoms with Crippen molar-refractivity contribution in [2.24, 2.45) is 5.92 Å². The summed E-state index contributed by atoms with van der Waals surface area (Å²) in [7, 11) is 0. The zero-order chi connectivity index (χ0) is 11.5. The number of thioether (sulfide) groups is 1. The summed E-state index contributed by atoms with van der Waals surface area (Å²) < 4.78 is 0. The van der Waals surface area contributed by atoms with Crippen molar-refractivity contribution in [3.05, 3.63) is 42.0 Å². The van der Waals surface area contributed by atoms with Gasteiger partial charge in [0.1, 0.15) is 0 Å². The largest absolute Gasteiger partial charge is 0.309 e. The molecule has 2 unspecified atom stereocenters. The topological polar surface area (TPSA) is 12.0 Å². The van der Waals surface area contributed by atoms with E-state index in [4.69, 9.17) is 0 Å². The number of rotatable bonds is 3. The molecular weight excluding hydrogens is 226 g/mol. The molecule has 2 aliphatic rings. The van der Waals surface area contributed by atoms with Crippen LogP contribution in [0.3, 0.4) is 0 Å². The minimum Gasteiger partial charge on any atom is -0.309 e. The lowest BCUT2D eigenvalue weighted by Gasteiger charge is -2.21. The number of nitrogens with one attached hydrogen (secondary N) is 1. The number of benzene rings is 1. The Morgan fingerprint density at radius 3 is 3.06 bits per heavy atom. The third kappa shape index (κ3) is 2.58. The summed E-state index contributed by atoms with van der Waals surface area (Å²) in [6, 6.07) is 9.38. The second-order valence-corrected chi connectivity index (χ2v) is 6.02. The monoisotopic (exact) mass is 245 g/mol. The molecule has 0 aromatic heterocycles. The number of allylic oxidation sites excluding steroid dienone is 2. The molecule has 3 rings (SSSR count). The van der Waals surface area contributed by atoms with Gasteiger partial charge >= 0.3 is 0 Å². The number of hydrogen-bond acceptors (Lipinski definition) is 2. The summed E-state index contributed by atoms with van der Waals surface area (Å²) in [6.45, 7) is 1.17. The minimum atomic E-state index is 0.571. The van der Waals surface area contributed by atoms with Gasteiger partial charge in [0.15, 0.2) is 0 Å². The van der Waals surface area contributed by atoms with Crippen molar-refractivity contribution >= 4 is 11.8 Å². The van der Waals surface area contributed by atoms with E-state index in [0.717, 1.165) is 5.92 Å². The zero-order valence-corrected chi connectivity index (χ0v) is 10.9. The quantitative estimate of drug-likeness (QED) is 0.813. The van der Waals surface area contributed by atoms with Gasteiger partial charge in [-0.05, 0) is 43.4 Å². The summed E-state index contributed by atoms with van der Waals surface area (Å²) in [4.78, 5) is 1.47. The van der Waals surface area contributed by atoms with E-state index in [9.17, 15) is 0 Å². The maximum atomic E-state index is 3.75. The van der Waals surface area contributed by atoms with E-state index in [-0.39, 0.29) is 0 Å². The van der Waals surface area contributed by atoms with Gasteiger partial charge in [-0.1, -0.05) is 30.4 Å². The van der Waals surface area contributed by atoms with Gasteiger partial charge in [0, 0.05) is 16.7 Å². The van der Waals surface area contributed by atoms with Crippen molar-refractivity contribution in [2.45, 2.75) is 30.2 Å². The van der Waals surface area contributed by atoms with Crippen LogP contribution in [0, 0.1) is 5.92 Å². The van der Waals surface area contributed by atoms with Gasteiger partial charge in [0.2, 0.25) is 0 Å². The number of fused-ring (bicyclic) bond motifs is 1. The average Bonchev–Trinajstić information content (AvgIpc) is 2.81. The molecule has 1 nitrogen and oxygen atoms in total. The Bertz CT molecular complexity index is 413. The molecule has 1 aliphatic heterocycles. The summed E-state index contributed by atoms with van der Waals surface area (Å²) in [5.41, 5.74) is 1.50. The van der Waals surface area contributed by atoms with Crippen molar-refractivity contribution < 1.29 is 0 Å². The second kappa shape index (κ2) is 5.28. The zero-order valence-electron chi connectivity index (χ0n) is 10.1. The Morgan fingerprint density at radius 2 is 2.18 bits per heavy atom. The van der Waals surface area contributed by atoms with Crippen LogP contribution in [0.25, 0.3) is 0 Å². The fraction of sp³-hybridized carbons (Fsp3) is 0.467. The van der Waals surface area contributed by atoms with E-state index in [1.165, 1.54) is 42.0 Å². The van der Waals surface area contributed by atoms with Gasteiger partial charge in [-0.15, -0.1) is 11.8 Å². The molecule has 2 atom stereocenters. The van der Waals surface area contributed by atoms with Crippen LogP contribution in [-0.4, -0.2) is 12.3 Å². The van der Waals surface area contributed by atoms with Gasteiger partial charge in [0.25, 0.3) is 0 Å². The first-order valence-electron chi connectivity index (χ1n) is 6.53. The van der Waals surface area contributed by atoms with Crippen LogP contribution in [-0.2, 0) is 0 Å². The van der Waals surface area contributed by atoms with E-state index < -0.39 is 0 Å². The smallest absolute Gasteiger partial charge is 0.0426 e. The minimum absolute atomic E-state index is 0.571. The first-order chi connectivity index (χ1) is 8.43. The van der Waals surface area contributed by atoms with Crippen molar-refractivity contribution in [3.8, 4) is 0 Å². The molecular formula is C15H19NS. The highest BCUT2D eigenvalue weighted by Crippen LogP contribution is 2.37. The molecule has 2 heteroatoms. The lowest BCUT2D eigenvalue weighted by Crippen LogP contribution is -2.27. The van der Waals surface area contributed by atoms with Crippen LogP contribution in [0.15, 0.2) is 41.3 Å². The molecule has 0 saturated heterocycles. The molecule has 0 radical (unpaired) electrons. The Hall–Kier alpha value is -0.730.